The van der Waals surface area contributed by atoms with Gasteiger partial charge in [0.25, 0.3) is 5.91 Å². The zero-order valence-corrected chi connectivity index (χ0v) is 18.3. The number of ether oxygens (including phenoxy) is 4. The van der Waals surface area contributed by atoms with Crippen molar-refractivity contribution in [3.8, 4) is 17.2 Å². The molecule has 2 rings (SSSR count). The molecule has 0 aliphatic rings. The van der Waals surface area contributed by atoms with Crippen LogP contribution in [0.3, 0.4) is 0 Å². The van der Waals surface area contributed by atoms with Gasteiger partial charge in [-0.15, -0.1) is 0 Å². The molecule has 0 spiro atoms. The molecule has 0 saturated heterocycles. The van der Waals surface area contributed by atoms with Crippen molar-refractivity contribution in [3.05, 3.63) is 47.5 Å². The first kappa shape index (κ1) is 23.1. The van der Waals surface area contributed by atoms with Crippen LogP contribution >= 0.6 is 0 Å². The Balaban J connectivity index is 2.16. The van der Waals surface area contributed by atoms with Gasteiger partial charge in [0, 0.05) is 5.69 Å². The minimum absolute atomic E-state index is 0.184. The Morgan fingerprint density at radius 2 is 1.57 bits per heavy atom. The van der Waals surface area contributed by atoms with Gasteiger partial charge in [-0.3, -0.25) is 4.79 Å². The van der Waals surface area contributed by atoms with E-state index in [1.54, 1.807) is 0 Å². The fourth-order valence-electron chi connectivity index (χ4n) is 2.98. The first-order valence-corrected chi connectivity index (χ1v) is 9.76. The highest BCUT2D eigenvalue weighted by molar-refractivity contribution is 5.98. The SMILES string of the molecule is CCC(C)c1ccccc1NC(=O)C(C)OC(=O)c1cc(OC)c(OC)c(OC)c1. The smallest absolute Gasteiger partial charge is 0.339 e. The third kappa shape index (κ3) is 5.23. The number of carbonyl (C=O) groups excluding carboxylic acids is 2. The number of esters is 1. The summed E-state index contributed by atoms with van der Waals surface area (Å²) < 4.78 is 21.1. The van der Waals surface area contributed by atoms with Crippen molar-refractivity contribution in [2.45, 2.75) is 39.2 Å². The van der Waals surface area contributed by atoms with Crippen LogP contribution in [-0.4, -0.2) is 39.3 Å². The molecule has 0 heterocycles. The van der Waals surface area contributed by atoms with Gasteiger partial charge in [0.1, 0.15) is 0 Å². The Kier molecular flexibility index (Phi) is 8.09. The molecule has 0 bridgehead atoms. The fourth-order valence-corrected chi connectivity index (χ4v) is 2.98. The molecule has 162 valence electrons. The maximum Gasteiger partial charge on any atom is 0.339 e. The molecule has 0 saturated carbocycles. The highest BCUT2D eigenvalue weighted by Gasteiger charge is 2.23. The molecule has 0 aliphatic heterocycles. The monoisotopic (exact) mass is 415 g/mol. The van der Waals surface area contributed by atoms with Crippen LogP contribution in [0.25, 0.3) is 0 Å². The summed E-state index contributed by atoms with van der Waals surface area (Å²) in [4.78, 5) is 25.2. The van der Waals surface area contributed by atoms with Crippen molar-refractivity contribution in [2.75, 3.05) is 26.6 Å². The first-order valence-electron chi connectivity index (χ1n) is 9.76. The topological polar surface area (TPSA) is 83.1 Å². The Labute approximate surface area is 177 Å². The summed E-state index contributed by atoms with van der Waals surface area (Å²) >= 11 is 0. The van der Waals surface area contributed by atoms with E-state index in [4.69, 9.17) is 18.9 Å². The van der Waals surface area contributed by atoms with E-state index in [1.807, 2.05) is 24.3 Å². The molecule has 2 aromatic carbocycles. The number of carbonyl (C=O) groups is 2. The molecule has 0 fully saturated rings. The minimum atomic E-state index is -0.999. The summed E-state index contributed by atoms with van der Waals surface area (Å²) in [6.45, 7) is 5.71. The third-order valence-electron chi connectivity index (χ3n) is 4.92. The van der Waals surface area contributed by atoms with E-state index >= 15 is 0 Å². The average molecular weight is 415 g/mol. The number of rotatable bonds is 9. The number of benzene rings is 2. The average Bonchev–Trinajstić information content (AvgIpc) is 2.77. The van der Waals surface area contributed by atoms with Crippen LogP contribution in [0.1, 0.15) is 49.0 Å². The largest absolute Gasteiger partial charge is 0.493 e. The summed E-state index contributed by atoms with van der Waals surface area (Å²) in [7, 11) is 4.39. The normalized spacial score (nSPS) is 12.5. The van der Waals surface area contributed by atoms with Gasteiger partial charge in [0.2, 0.25) is 5.75 Å². The minimum Gasteiger partial charge on any atom is -0.493 e. The molecule has 30 heavy (non-hydrogen) atoms. The van der Waals surface area contributed by atoms with Gasteiger partial charge in [0.05, 0.1) is 26.9 Å². The molecule has 0 aromatic heterocycles. The Hall–Kier alpha value is -3.22. The zero-order chi connectivity index (χ0) is 22.3. The molecule has 1 N–H and O–H groups in total. The Morgan fingerprint density at radius 1 is 0.967 bits per heavy atom. The second-order valence-electron chi connectivity index (χ2n) is 6.85. The van der Waals surface area contributed by atoms with E-state index in [2.05, 4.69) is 19.2 Å². The van der Waals surface area contributed by atoms with Gasteiger partial charge in [-0.2, -0.15) is 0 Å². The van der Waals surface area contributed by atoms with Crippen LogP contribution in [0.2, 0.25) is 0 Å². The van der Waals surface area contributed by atoms with E-state index < -0.39 is 18.0 Å². The van der Waals surface area contributed by atoms with Gasteiger partial charge in [-0.1, -0.05) is 32.0 Å². The first-order chi connectivity index (χ1) is 14.4. The van der Waals surface area contributed by atoms with E-state index in [0.717, 1.165) is 12.0 Å². The van der Waals surface area contributed by atoms with Crippen LogP contribution in [0.15, 0.2) is 36.4 Å². The van der Waals surface area contributed by atoms with E-state index in [9.17, 15) is 9.59 Å². The summed E-state index contributed by atoms with van der Waals surface area (Å²) in [5, 5.41) is 2.86. The van der Waals surface area contributed by atoms with Gasteiger partial charge in [-0.25, -0.2) is 4.79 Å². The molecule has 1 amide bonds. The van der Waals surface area contributed by atoms with Gasteiger partial charge in [-0.05, 0) is 43.0 Å². The molecule has 2 atom stereocenters. The standard InChI is InChI=1S/C23H29NO6/c1-7-14(2)17-10-8-9-11-18(17)24-22(25)15(3)30-23(26)16-12-19(27-4)21(29-6)20(13-16)28-5/h8-15H,7H2,1-6H3,(H,24,25). The number of methoxy groups -OCH3 is 3. The lowest BCUT2D eigenvalue weighted by Gasteiger charge is -2.18. The lowest BCUT2D eigenvalue weighted by molar-refractivity contribution is -0.123. The number of hydrogen-bond donors (Lipinski definition) is 1. The van der Waals surface area contributed by atoms with Gasteiger partial charge in [0.15, 0.2) is 17.6 Å². The number of amides is 1. The van der Waals surface area contributed by atoms with Crippen molar-refractivity contribution in [1.29, 1.82) is 0 Å². The van der Waals surface area contributed by atoms with Crippen molar-refractivity contribution in [2.24, 2.45) is 0 Å². The fraction of sp³-hybridized carbons (Fsp3) is 0.391. The summed E-state index contributed by atoms with van der Waals surface area (Å²) in [5.74, 6) is 0.216. The second-order valence-corrected chi connectivity index (χ2v) is 6.85. The predicted octanol–water partition coefficient (Wildman–Crippen LogP) is 4.41. The second kappa shape index (κ2) is 10.5. The van der Waals surface area contributed by atoms with Crippen molar-refractivity contribution in [1.82, 2.24) is 0 Å². The molecule has 0 radical (unpaired) electrons. The summed E-state index contributed by atoms with van der Waals surface area (Å²) in [6.07, 6.45) is -0.0555. The summed E-state index contributed by atoms with van der Waals surface area (Å²) in [5.41, 5.74) is 1.94. The van der Waals surface area contributed by atoms with Crippen LogP contribution in [-0.2, 0) is 9.53 Å². The predicted molar refractivity (Wildman–Crippen MR) is 115 cm³/mol. The Bertz CT molecular complexity index is 870. The molecule has 2 aromatic rings. The quantitative estimate of drug-likeness (QED) is 0.611. The van der Waals surface area contributed by atoms with Crippen LogP contribution in [0.5, 0.6) is 17.2 Å². The maximum atomic E-state index is 12.6. The molecule has 7 nitrogen and oxygen atoms in total. The molecule has 7 heteroatoms. The number of nitrogens with one attached hydrogen (secondary N) is 1. The third-order valence-corrected chi connectivity index (χ3v) is 4.92. The zero-order valence-electron chi connectivity index (χ0n) is 18.3. The number of anilines is 1. The van der Waals surface area contributed by atoms with Gasteiger partial charge >= 0.3 is 5.97 Å². The highest BCUT2D eigenvalue weighted by Crippen LogP contribution is 2.38. The molecule has 2 unspecified atom stereocenters. The van der Waals surface area contributed by atoms with Crippen LogP contribution in [0.4, 0.5) is 5.69 Å². The number of hydrogen-bond acceptors (Lipinski definition) is 6. The van der Waals surface area contributed by atoms with E-state index in [1.165, 1.54) is 40.4 Å². The number of para-hydroxylation sites is 1. The molecular weight excluding hydrogens is 386 g/mol. The van der Waals surface area contributed by atoms with Crippen LogP contribution in [0, 0.1) is 0 Å². The lowest BCUT2D eigenvalue weighted by atomic mass is 9.97. The summed E-state index contributed by atoms with van der Waals surface area (Å²) in [6, 6.07) is 10.6. The lowest BCUT2D eigenvalue weighted by Crippen LogP contribution is -2.30. The van der Waals surface area contributed by atoms with E-state index in [0.29, 0.717) is 28.9 Å². The molecular formula is C23H29NO6. The van der Waals surface area contributed by atoms with Crippen molar-refractivity contribution in [3.63, 3.8) is 0 Å². The van der Waals surface area contributed by atoms with Gasteiger partial charge < -0.3 is 24.3 Å². The van der Waals surface area contributed by atoms with Crippen molar-refractivity contribution < 1.29 is 28.5 Å². The van der Waals surface area contributed by atoms with Crippen LogP contribution < -0.4 is 19.5 Å². The molecule has 0 aliphatic carbocycles. The maximum absolute atomic E-state index is 12.6. The van der Waals surface area contributed by atoms with Crippen molar-refractivity contribution >= 4 is 17.6 Å². The van der Waals surface area contributed by atoms with E-state index in [-0.39, 0.29) is 5.56 Å². The Morgan fingerprint density at radius 3 is 2.10 bits per heavy atom. The highest BCUT2D eigenvalue weighted by atomic mass is 16.5.